The summed E-state index contributed by atoms with van der Waals surface area (Å²) in [5.74, 6) is -0.302. The van der Waals surface area contributed by atoms with Crippen LogP contribution in [0.25, 0.3) is 0 Å². The van der Waals surface area contributed by atoms with Crippen LogP contribution in [0.5, 0.6) is 0 Å². The van der Waals surface area contributed by atoms with Gasteiger partial charge < -0.3 is 10.0 Å². The van der Waals surface area contributed by atoms with Crippen LogP contribution in [0.3, 0.4) is 0 Å². The van der Waals surface area contributed by atoms with E-state index in [4.69, 9.17) is 5.26 Å². The van der Waals surface area contributed by atoms with Crippen molar-refractivity contribution in [1.82, 2.24) is 0 Å². The normalized spacial score (nSPS) is 22.4. The number of aliphatic carboxylic acids is 1. The zero-order valence-corrected chi connectivity index (χ0v) is 12.9. The van der Waals surface area contributed by atoms with Gasteiger partial charge in [0.1, 0.15) is 6.04 Å². The van der Waals surface area contributed by atoms with Crippen molar-refractivity contribution in [3.05, 3.63) is 28.2 Å². The predicted molar refractivity (Wildman–Crippen MR) is 80.6 cm³/mol. The first kappa shape index (κ1) is 14.9. The smallest absolute Gasteiger partial charge is 0.326 e. The summed E-state index contributed by atoms with van der Waals surface area (Å²) < 4.78 is 0.776. The largest absolute Gasteiger partial charge is 0.480 e. The summed E-state index contributed by atoms with van der Waals surface area (Å²) in [4.78, 5) is 13.5. The maximum absolute atomic E-state index is 11.5. The molecule has 0 saturated carbocycles. The van der Waals surface area contributed by atoms with E-state index in [9.17, 15) is 9.90 Å². The lowest BCUT2D eigenvalue weighted by Crippen LogP contribution is -2.47. The second-order valence-corrected chi connectivity index (χ2v) is 5.98. The molecule has 0 aromatic heterocycles. The molecule has 1 aromatic rings. The van der Waals surface area contributed by atoms with E-state index in [2.05, 4.69) is 28.9 Å². The Morgan fingerprint density at radius 2 is 2.35 bits per heavy atom. The highest BCUT2D eigenvalue weighted by atomic mass is 79.9. The summed E-state index contributed by atoms with van der Waals surface area (Å²) in [6.07, 6.45) is 2.71. The summed E-state index contributed by atoms with van der Waals surface area (Å²) in [5.41, 5.74) is 1.42. The number of hydrogen-bond acceptors (Lipinski definition) is 3. The Labute approximate surface area is 127 Å². The number of nitriles is 1. The number of anilines is 1. The molecule has 5 heteroatoms. The molecule has 2 atom stereocenters. The van der Waals surface area contributed by atoms with Crippen molar-refractivity contribution in [1.29, 1.82) is 5.26 Å². The van der Waals surface area contributed by atoms with Gasteiger partial charge in [0.25, 0.3) is 0 Å². The molecule has 1 heterocycles. The lowest BCUT2D eigenvalue weighted by molar-refractivity contribution is -0.139. The van der Waals surface area contributed by atoms with Crippen molar-refractivity contribution in [2.24, 2.45) is 5.92 Å². The van der Waals surface area contributed by atoms with E-state index in [0.717, 1.165) is 29.5 Å². The third-order valence-electron chi connectivity index (χ3n) is 3.96. The standard InChI is InChI=1S/C15H17BrN2O2/c1-2-10-5-6-18(14(8-10)15(19)20)13-4-3-11(9-17)7-12(13)16/h3-4,7,10,14H,2,5-6,8H2,1H3,(H,19,20). The molecule has 2 rings (SSSR count). The van der Waals surface area contributed by atoms with Crippen LogP contribution in [0, 0.1) is 17.2 Å². The van der Waals surface area contributed by atoms with Crippen LogP contribution in [-0.2, 0) is 4.79 Å². The van der Waals surface area contributed by atoms with Crippen LogP contribution < -0.4 is 4.90 Å². The number of halogens is 1. The summed E-state index contributed by atoms with van der Waals surface area (Å²) in [7, 11) is 0. The average molecular weight is 337 g/mol. The molecule has 1 aliphatic rings. The van der Waals surface area contributed by atoms with Crippen LogP contribution in [0.2, 0.25) is 0 Å². The highest BCUT2D eigenvalue weighted by Crippen LogP contribution is 2.34. The Balaban J connectivity index is 2.31. The summed E-state index contributed by atoms with van der Waals surface area (Å²) in [6, 6.07) is 6.88. The number of nitrogens with zero attached hydrogens (tertiary/aromatic N) is 2. The van der Waals surface area contributed by atoms with Crippen LogP contribution in [0.15, 0.2) is 22.7 Å². The number of benzene rings is 1. The van der Waals surface area contributed by atoms with Crippen molar-refractivity contribution >= 4 is 27.6 Å². The molecule has 4 nitrogen and oxygen atoms in total. The molecular formula is C15H17BrN2O2. The SMILES string of the molecule is CCC1CCN(c2ccc(C#N)cc2Br)C(C(=O)O)C1. The molecule has 20 heavy (non-hydrogen) atoms. The Kier molecular flexibility index (Phi) is 4.66. The molecule has 1 aromatic carbocycles. The summed E-state index contributed by atoms with van der Waals surface area (Å²) >= 11 is 3.45. The minimum absolute atomic E-state index is 0.476. The van der Waals surface area contributed by atoms with Gasteiger partial charge >= 0.3 is 5.97 Å². The maximum Gasteiger partial charge on any atom is 0.326 e. The minimum Gasteiger partial charge on any atom is -0.480 e. The molecule has 0 radical (unpaired) electrons. The van der Waals surface area contributed by atoms with Crippen molar-refractivity contribution in [2.45, 2.75) is 32.2 Å². The molecule has 0 bridgehead atoms. The van der Waals surface area contributed by atoms with Crippen molar-refractivity contribution < 1.29 is 9.90 Å². The highest BCUT2D eigenvalue weighted by molar-refractivity contribution is 9.10. The Bertz CT molecular complexity index is 553. The van der Waals surface area contributed by atoms with E-state index >= 15 is 0 Å². The zero-order chi connectivity index (χ0) is 14.7. The lowest BCUT2D eigenvalue weighted by Gasteiger charge is -2.39. The predicted octanol–water partition coefficient (Wildman–Crippen LogP) is 3.40. The second kappa shape index (κ2) is 6.27. The molecule has 0 amide bonds. The van der Waals surface area contributed by atoms with Crippen LogP contribution >= 0.6 is 15.9 Å². The highest BCUT2D eigenvalue weighted by Gasteiger charge is 2.33. The number of piperidine rings is 1. The molecule has 1 aliphatic heterocycles. The molecule has 1 fully saturated rings. The fraction of sp³-hybridized carbons (Fsp3) is 0.467. The molecule has 0 spiro atoms. The van der Waals surface area contributed by atoms with Gasteiger partial charge in [-0.2, -0.15) is 5.26 Å². The molecule has 1 N–H and O–H groups in total. The Morgan fingerprint density at radius 3 is 2.90 bits per heavy atom. The van der Waals surface area contributed by atoms with E-state index < -0.39 is 12.0 Å². The van der Waals surface area contributed by atoms with Gasteiger partial charge in [0, 0.05) is 11.0 Å². The number of carboxylic acids is 1. The van der Waals surface area contributed by atoms with Crippen LogP contribution in [0.4, 0.5) is 5.69 Å². The van der Waals surface area contributed by atoms with Crippen molar-refractivity contribution in [3.8, 4) is 6.07 Å². The van der Waals surface area contributed by atoms with Crippen molar-refractivity contribution in [3.63, 3.8) is 0 Å². The Morgan fingerprint density at radius 1 is 1.60 bits per heavy atom. The van der Waals surface area contributed by atoms with Crippen LogP contribution in [0.1, 0.15) is 31.7 Å². The number of carbonyl (C=O) groups is 1. The summed E-state index contributed by atoms with van der Waals surface area (Å²) in [5, 5.41) is 18.4. The van der Waals surface area contributed by atoms with Crippen LogP contribution in [-0.4, -0.2) is 23.7 Å². The van der Waals surface area contributed by atoms with Gasteiger partial charge in [-0.05, 0) is 52.9 Å². The lowest BCUT2D eigenvalue weighted by atomic mass is 9.88. The van der Waals surface area contributed by atoms with Crippen molar-refractivity contribution in [2.75, 3.05) is 11.4 Å². The van der Waals surface area contributed by atoms with Gasteiger partial charge in [0.05, 0.1) is 17.3 Å². The first-order valence-electron chi connectivity index (χ1n) is 6.76. The van der Waals surface area contributed by atoms with Gasteiger partial charge in [-0.15, -0.1) is 0 Å². The van der Waals surface area contributed by atoms with E-state index in [1.54, 1.807) is 12.1 Å². The Hall–Kier alpha value is -1.54. The molecular weight excluding hydrogens is 320 g/mol. The van der Waals surface area contributed by atoms with Gasteiger partial charge in [0.15, 0.2) is 0 Å². The fourth-order valence-electron chi connectivity index (χ4n) is 2.74. The molecule has 2 unspecified atom stereocenters. The van der Waals surface area contributed by atoms with E-state index in [0.29, 0.717) is 17.9 Å². The third kappa shape index (κ3) is 2.96. The minimum atomic E-state index is -0.778. The van der Waals surface area contributed by atoms with E-state index in [-0.39, 0.29) is 0 Å². The first-order valence-corrected chi connectivity index (χ1v) is 7.55. The molecule has 106 valence electrons. The zero-order valence-electron chi connectivity index (χ0n) is 11.3. The maximum atomic E-state index is 11.5. The quantitative estimate of drug-likeness (QED) is 0.918. The number of rotatable bonds is 3. The van der Waals surface area contributed by atoms with Gasteiger partial charge in [-0.25, -0.2) is 4.79 Å². The first-order chi connectivity index (χ1) is 9.56. The topological polar surface area (TPSA) is 64.3 Å². The average Bonchev–Trinajstić information content (AvgIpc) is 2.46. The van der Waals surface area contributed by atoms with Gasteiger partial charge in [-0.1, -0.05) is 13.3 Å². The summed E-state index contributed by atoms with van der Waals surface area (Å²) in [6.45, 7) is 2.84. The molecule has 1 saturated heterocycles. The van der Waals surface area contributed by atoms with Gasteiger partial charge in [0.2, 0.25) is 0 Å². The third-order valence-corrected chi connectivity index (χ3v) is 4.59. The molecule has 0 aliphatic carbocycles. The monoisotopic (exact) mass is 336 g/mol. The fourth-order valence-corrected chi connectivity index (χ4v) is 3.35. The number of carboxylic acid groups (broad SMARTS) is 1. The van der Waals surface area contributed by atoms with Gasteiger partial charge in [-0.3, -0.25) is 0 Å². The number of hydrogen-bond donors (Lipinski definition) is 1. The van der Waals surface area contributed by atoms with E-state index in [1.165, 1.54) is 0 Å². The second-order valence-electron chi connectivity index (χ2n) is 5.12. The van der Waals surface area contributed by atoms with E-state index in [1.807, 2.05) is 11.0 Å².